The topological polar surface area (TPSA) is 73.3 Å². The molecule has 0 spiro atoms. The van der Waals surface area contributed by atoms with Gasteiger partial charge in [0.1, 0.15) is 11.9 Å². The summed E-state index contributed by atoms with van der Waals surface area (Å²) in [5, 5.41) is 2.54. The molecule has 6 heteroatoms. The minimum Gasteiger partial charge on any atom is -0.485 e. The van der Waals surface area contributed by atoms with Crippen molar-refractivity contribution in [2.75, 3.05) is 5.32 Å². The smallest absolute Gasteiger partial charge is 0.413 e. The second-order valence-corrected chi connectivity index (χ2v) is 5.03. The van der Waals surface area contributed by atoms with E-state index in [0.717, 1.165) is 0 Å². The Morgan fingerprint density at radius 2 is 2.06 bits per heavy atom. The fraction of sp³-hybridized carbons (Fsp3) is 0.583. The van der Waals surface area contributed by atoms with E-state index in [4.69, 9.17) is 9.47 Å². The predicted molar refractivity (Wildman–Crippen MR) is 67.7 cm³/mol. The minimum absolute atomic E-state index is 0.0322. The first-order chi connectivity index (χ1) is 8.28. The van der Waals surface area contributed by atoms with Crippen LogP contribution in [0.3, 0.4) is 0 Å². The lowest BCUT2D eigenvalue weighted by atomic mass is 10.2. The molecule has 1 rings (SSSR count). The zero-order chi connectivity index (χ0) is 13.8. The van der Waals surface area contributed by atoms with E-state index in [0.29, 0.717) is 11.6 Å². The molecule has 0 saturated heterocycles. The molecule has 0 aliphatic carbocycles. The Morgan fingerprint density at radius 1 is 1.39 bits per heavy atom. The van der Waals surface area contributed by atoms with E-state index in [-0.39, 0.29) is 6.10 Å². The number of hydrogen-bond donors (Lipinski definition) is 1. The van der Waals surface area contributed by atoms with Crippen LogP contribution in [-0.4, -0.2) is 27.8 Å². The average Bonchev–Trinajstić information content (AvgIpc) is 2.17. The molecule has 1 amide bonds. The van der Waals surface area contributed by atoms with Gasteiger partial charge in [0.15, 0.2) is 11.6 Å². The molecule has 1 aromatic heterocycles. The van der Waals surface area contributed by atoms with E-state index in [9.17, 15) is 4.79 Å². The van der Waals surface area contributed by atoms with Crippen molar-refractivity contribution in [2.45, 2.75) is 46.3 Å². The fourth-order valence-corrected chi connectivity index (χ4v) is 1.15. The number of aromatic nitrogens is 2. The Labute approximate surface area is 107 Å². The van der Waals surface area contributed by atoms with E-state index < -0.39 is 11.7 Å². The van der Waals surface area contributed by atoms with Crippen LogP contribution < -0.4 is 10.1 Å². The first-order valence-corrected chi connectivity index (χ1v) is 5.74. The number of carbonyl (C=O) groups excluding carboxylic acids is 1. The Balaban J connectivity index is 2.75. The van der Waals surface area contributed by atoms with Gasteiger partial charge < -0.3 is 9.47 Å². The first kappa shape index (κ1) is 14.2. The number of nitrogens with one attached hydrogen (secondary N) is 1. The molecule has 0 fully saturated rings. The summed E-state index contributed by atoms with van der Waals surface area (Å²) in [4.78, 5) is 19.4. The third-order valence-electron chi connectivity index (χ3n) is 1.66. The molecule has 0 bridgehead atoms. The van der Waals surface area contributed by atoms with E-state index in [1.165, 1.54) is 12.5 Å². The molecule has 0 atom stereocenters. The maximum absolute atomic E-state index is 11.6. The molecule has 0 radical (unpaired) electrons. The fourth-order valence-electron chi connectivity index (χ4n) is 1.15. The van der Waals surface area contributed by atoms with Gasteiger partial charge >= 0.3 is 6.09 Å². The van der Waals surface area contributed by atoms with Crippen molar-refractivity contribution in [1.82, 2.24) is 9.97 Å². The van der Waals surface area contributed by atoms with Crippen LogP contribution in [0.2, 0.25) is 0 Å². The molecular formula is C12H19N3O3. The van der Waals surface area contributed by atoms with Crippen LogP contribution in [-0.2, 0) is 4.74 Å². The molecule has 1 aromatic rings. The summed E-state index contributed by atoms with van der Waals surface area (Å²) in [6, 6.07) is 0. The molecule has 0 unspecified atom stereocenters. The van der Waals surface area contributed by atoms with Gasteiger partial charge in [0.05, 0.1) is 12.3 Å². The minimum atomic E-state index is -0.574. The standard InChI is InChI=1S/C12H19N3O3/c1-8(2)17-9-6-13-7-14-10(9)15-11(16)18-12(3,4)5/h6-8H,1-5H3,(H,13,14,15,16). The third kappa shape index (κ3) is 4.99. The number of hydrogen-bond acceptors (Lipinski definition) is 5. The van der Waals surface area contributed by atoms with Gasteiger partial charge in [-0.25, -0.2) is 14.8 Å². The summed E-state index contributed by atoms with van der Waals surface area (Å²) in [5.74, 6) is 0.714. The molecule has 18 heavy (non-hydrogen) atoms. The lowest BCUT2D eigenvalue weighted by molar-refractivity contribution is 0.0634. The molecule has 1 N–H and O–H groups in total. The Morgan fingerprint density at radius 3 is 2.61 bits per heavy atom. The van der Waals surface area contributed by atoms with Gasteiger partial charge in [0.2, 0.25) is 0 Å². The number of carbonyl (C=O) groups is 1. The predicted octanol–water partition coefficient (Wildman–Crippen LogP) is 2.61. The summed E-state index contributed by atoms with van der Waals surface area (Å²) in [6.07, 6.45) is 2.23. The zero-order valence-electron chi connectivity index (χ0n) is 11.4. The van der Waals surface area contributed by atoms with Crippen molar-refractivity contribution in [2.24, 2.45) is 0 Å². The maximum atomic E-state index is 11.6. The molecule has 6 nitrogen and oxygen atoms in total. The molecule has 0 aliphatic rings. The maximum Gasteiger partial charge on any atom is 0.413 e. The zero-order valence-corrected chi connectivity index (χ0v) is 11.4. The Bertz CT molecular complexity index is 413. The van der Waals surface area contributed by atoms with Crippen LogP contribution in [0, 0.1) is 0 Å². The average molecular weight is 253 g/mol. The van der Waals surface area contributed by atoms with E-state index >= 15 is 0 Å². The lowest BCUT2D eigenvalue weighted by Gasteiger charge is -2.20. The molecule has 0 aliphatic heterocycles. The van der Waals surface area contributed by atoms with Gasteiger partial charge in [0.25, 0.3) is 0 Å². The number of nitrogens with zero attached hydrogens (tertiary/aromatic N) is 2. The normalized spacial score (nSPS) is 11.2. The van der Waals surface area contributed by atoms with Crippen LogP contribution in [0.4, 0.5) is 10.6 Å². The molecule has 0 aromatic carbocycles. The van der Waals surface area contributed by atoms with Crippen LogP contribution in [0.15, 0.2) is 12.5 Å². The van der Waals surface area contributed by atoms with Crippen LogP contribution in [0.1, 0.15) is 34.6 Å². The van der Waals surface area contributed by atoms with Crippen molar-refractivity contribution in [3.8, 4) is 5.75 Å². The number of amides is 1. The van der Waals surface area contributed by atoms with Crippen LogP contribution in [0.5, 0.6) is 5.75 Å². The summed E-state index contributed by atoms with van der Waals surface area (Å²) in [6.45, 7) is 9.13. The van der Waals surface area contributed by atoms with E-state index in [1.54, 1.807) is 20.8 Å². The lowest BCUT2D eigenvalue weighted by Crippen LogP contribution is -2.27. The van der Waals surface area contributed by atoms with Gasteiger partial charge in [-0.1, -0.05) is 0 Å². The second-order valence-electron chi connectivity index (χ2n) is 5.03. The van der Waals surface area contributed by atoms with Gasteiger partial charge in [-0.15, -0.1) is 0 Å². The molecule has 0 saturated carbocycles. The summed E-state index contributed by atoms with van der Waals surface area (Å²) < 4.78 is 10.6. The monoisotopic (exact) mass is 253 g/mol. The number of ether oxygens (including phenoxy) is 2. The molecule has 1 heterocycles. The van der Waals surface area contributed by atoms with Crippen molar-refractivity contribution in [3.63, 3.8) is 0 Å². The Kier molecular flexibility index (Phi) is 4.47. The van der Waals surface area contributed by atoms with Gasteiger partial charge in [-0.2, -0.15) is 0 Å². The summed E-state index contributed by atoms with van der Waals surface area (Å²) in [7, 11) is 0. The highest BCUT2D eigenvalue weighted by Crippen LogP contribution is 2.21. The van der Waals surface area contributed by atoms with Crippen LogP contribution in [0.25, 0.3) is 0 Å². The van der Waals surface area contributed by atoms with Gasteiger partial charge in [-0.05, 0) is 34.6 Å². The van der Waals surface area contributed by atoms with Gasteiger partial charge in [-0.3, -0.25) is 5.32 Å². The van der Waals surface area contributed by atoms with Gasteiger partial charge in [0, 0.05) is 0 Å². The van der Waals surface area contributed by atoms with Crippen LogP contribution >= 0.6 is 0 Å². The van der Waals surface area contributed by atoms with Crippen molar-refractivity contribution < 1.29 is 14.3 Å². The largest absolute Gasteiger partial charge is 0.485 e. The van der Waals surface area contributed by atoms with Crippen molar-refractivity contribution >= 4 is 11.9 Å². The van der Waals surface area contributed by atoms with E-state index in [2.05, 4.69) is 15.3 Å². The van der Waals surface area contributed by atoms with E-state index in [1.807, 2.05) is 13.8 Å². The third-order valence-corrected chi connectivity index (χ3v) is 1.66. The number of anilines is 1. The van der Waals surface area contributed by atoms with Crippen molar-refractivity contribution in [3.05, 3.63) is 12.5 Å². The summed E-state index contributed by atoms with van der Waals surface area (Å²) >= 11 is 0. The number of rotatable bonds is 3. The molecular weight excluding hydrogens is 234 g/mol. The quantitative estimate of drug-likeness (QED) is 0.896. The highest BCUT2D eigenvalue weighted by Gasteiger charge is 2.18. The molecule has 100 valence electrons. The summed E-state index contributed by atoms with van der Waals surface area (Å²) in [5.41, 5.74) is -0.559. The van der Waals surface area contributed by atoms with Crippen molar-refractivity contribution in [1.29, 1.82) is 0 Å². The highest BCUT2D eigenvalue weighted by molar-refractivity contribution is 5.85. The Hall–Kier alpha value is -1.85. The first-order valence-electron chi connectivity index (χ1n) is 5.74. The second kappa shape index (κ2) is 5.66. The SMILES string of the molecule is CC(C)Oc1cncnc1NC(=O)OC(C)(C)C. The highest BCUT2D eigenvalue weighted by atomic mass is 16.6.